The van der Waals surface area contributed by atoms with Crippen LogP contribution in [0.2, 0.25) is 0 Å². The van der Waals surface area contributed by atoms with E-state index in [1.54, 1.807) is 6.20 Å². The second kappa shape index (κ2) is 8.11. The zero-order chi connectivity index (χ0) is 19.4. The fraction of sp³-hybridized carbons (Fsp3) is 0.263. The molecule has 0 spiro atoms. The molecule has 8 heteroatoms. The topological polar surface area (TPSA) is 59.0 Å². The Bertz CT molecular complexity index is 948. The van der Waals surface area contributed by atoms with E-state index in [0.717, 1.165) is 41.7 Å². The second-order valence-electron chi connectivity index (χ2n) is 6.11. The van der Waals surface area contributed by atoms with Crippen LogP contribution in [0.3, 0.4) is 0 Å². The second-order valence-corrected chi connectivity index (χ2v) is 6.11. The van der Waals surface area contributed by atoms with Crippen LogP contribution in [0.4, 0.5) is 23.7 Å². The number of halogens is 3. The summed E-state index contributed by atoms with van der Waals surface area (Å²) >= 11 is 0. The number of rotatable bonds is 6. The molecular weight excluding hydrogens is 357 g/mol. The highest BCUT2D eigenvalue weighted by Gasteiger charge is 2.13. The van der Waals surface area contributed by atoms with E-state index in [9.17, 15) is 18.0 Å². The average molecular weight is 376 g/mol. The van der Waals surface area contributed by atoms with Gasteiger partial charge in [0.25, 0.3) is 0 Å². The summed E-state index contributed by atoms with van der Waals surface area (Å²) in [5.74, 6) is -4.29. The van der Waals surface area contributed by atoms with Gasteiger partial charge in [-0.15, -0.1) is 0 Å². The van der Waals surface area contributed by atoms with Crippen LogP contribution in [-0.2, 0) is 13.0 Å². The number of nitrogens with one attached hydrogen (secondary N) is 2. The molecule has 0 radical (unpaired) electrons. The van der Waals surface area contributed by atoms with Crippen molar-refractivity contribution in [2.24, 2.45) is 0 Å². The molecule has 3 aromatic rings. The third-order valence-corrected chi connectivity index (χ3v) is 4.10. The molecule has 0 unspecified atom stereocenters. The zero-order valence-corrected chi connectivity index (χ0v) is 14.7. The summed E-state index contributed by atoms with van der Waals surface area (Å²) in [6.07, 6.45) is 5.31. The molecule has 142 valence electrons. The van der Waals surface area contributed by atoms with Gasteiger partial charge in [0.15, 0.2) is 17.5 Å². The maximum atomic E-state index is 13.2. The molecule has 1 aromatic carbocycles. The maximum Gasteiger partial charge on any atom is 0.319 e. The number of benzene rings is 1. The van der Waals surface area contributed by atoms with Crippen molar-refractivity contribution < 1.29 is 18.0 Å². The van der Waals surface area contributed by atoms with Crippen LogP contribution < -0.4 is 10.6 Å². The first-order valence-corrected chi connectivity index (χ1v) is 8.61. The van der Waals surface area contributed by atoms with Gasteiger partial charge in [-0.25, -0.2) is 22.9 Å². The Morgan fingerprint density at radius 3 is 2.67 bits per heavy atom. The van der Waals surface area contributed by atoms with E-state index in [2.05, 4.69) is 27.1 Å². The fourth-order valence-corrected chi connectivity index (χ4v) is 2.92. The first-order chi connectivity index (χ1) is 13.0. The lowest BCUT2D eigenvalue weighted by Crippen LogP contribution is -2.30. The molecule has 0 saturated heterocycles. The molecule has 27 heavy (non-hydrogen) atoms. The molecule has 0 bridgehead atoms. The highest BCUT2D eigenvalue weighted by molar-refractivity contribution is 5.89. The fourth-order valence-electron chi connectivity index (χ4n) is 2.92. The summed E-state index contributed by atoms with van der Waals surface area (Å²) in [6, 6.07) is 4.66. The summed E-state index contributed by atoms with van der Waals surface area (Å²) in [6.45, 7) is 3.25. The van der Waals surface area contributed by atoms with Gasteiger partial charge in [0.2, 0.25) is 0 Å². The van der Waals surface area contributed by atoms with Crippen LogP contribution in [0.1, 0.15) is 18.9 Å². The Labute approximate surface area is 154 Å². The van der Waals surface area contributed by atoms with E-state index in [0.29, 0.717) is 13.0 Å². The van der Waals surface area contributed by atoms with Crippen molar-refractivity contribution in [3.63, 3.8) is 0 Å². The SMILES string of the molecule is CCCn1cc(CCNC(=O)Nc2cc(F)c(F)c(F)c2)c2cccnc21. The normalized spacial score (nSPS) is 11.0. The molecule has 5 nitrogen and oxygen atoms in total. The monoisotopic (exact) mass is 376 g/mol. The lowest BCUT2D eigenvalue weighted by atomic mass is 10.1. The van der Waals surface area contributed by atoms with Crippen LogP contribution in [0.5, 0.6) is 0 Å². The van der Waals surface area contributed by atoms with Gasteiger partial charge >= 0.3 is 6.03 Å². The zero-order valence-electron chi connectivity index (χ0n) is 14.7. The number of carbonyl (C=O) groups is 1. The molecule has 0 saturated carbocycles. The van der Waals surface area contributed by atoms with E-state index >= 15 is 0 Å². The van der Waals surface area contributed by atoms with Crippen LogP contribution in [-0.4, -0.2) is 22.1 Å². The molecule has 3 rings (SSSR count). The standard InChI is InChI=1S/C19H19F3N4O/c1-2-8-26-11-12(14-4-3-6-23-18(14)26)5-7-24-19(27)25-13-9-15(20)17(22)16(21)10-13/h3-4,6,9-11H,2,5,7-8H2,1H3,(H2,24,25,27). The molecule has 0 aliphatic carbocycles. The van der Waals surface area contributed by atoms with Gasteiger partial charge in [-0.1, -0.05) is 6.92 Å². The number of carbonyl (C=O) groups excluding carboxylic acids is 1. The van der Waals surface area contributed by atoms with Gasteiger partial charge < -0.3 is 15.2 Å². The largest absolute Gasteiger partial charge is 0.338 e. The predicted molar refractivity (Wildman–Crippen MR) is 97.1 cm³/mol. The molecule has 0 aliphatic rings. The third-order valence-electron chi connectivity index (χ3n) is 4.10. The van der Waals surface area contributed by atoms with E-state index in [1.807, 2.05) is 18.3 Å². The number of amides is 2. The van der Waals surface area contributed by atoms with Gasteiger partial charge in [0.1, 0.15) is 5.65 Å². The van der Waals surface area contributed by atoms with Gasteiger partial charge in [-0.3, -0.25) is 0 Å². The molecule has 2 amide bonds. The van der Waals surface area contributed by atoms with Crippen molar-refractivity contribution in [3.8, 4) is 0 Å². The Hall–Kier alpha value is -3.03. The minimum atomic E-state index is -1.57. The molecule has 2 heterocycles. The van der Waals surface area contributed by atoms with Crippen molar-refractivity contribution in [1.29, 1.82) is 0 Å². The molecule has 0 atom stereocenters. The van der Waals surface area contributed by atoms with Crippen LogP contribution in [0, 0.1) is 17.5 Å². The molecule has 0 aliphatic heterocycles. The van der Waals surface area contributed by atoms with Crippen molar-refractivity contribution in [1.82, 2.24) is 14.9 Å². The number of aromatic nitrogens is 2. The molecular formula is C19H19F3N4O. The number of hydrogen-bond donors (Lipinski definition) is 2. The van der Waals surface area contributed by atoms with Crippen LogP contribution in [0.15, 0.2) is 36.7 Å². The Kier molecular flexibility index (Phi) is 5.63. The summed E-state index contributed by atoms with van der Waals surface area (Å²) in [4.78, 5) is 16.3. The quantitative estimate of drug-likeness (QED) is 0.633. The summed E-state index contributed by atoms with van der Waals surface area (Å²) < 4.78 is 41.4. The number of pyridine rings is 1. The van der Waals surface area contributed by atoms with Crippen molar-refractivity contribution in [2.45, 2.75) is 26.3 Å². The first-order valence-electron chi connectivity index (χ1n) is 8.61. The van der Waals surface area contributed by atoms with Crippen LogP contribution >= 0.6 is 0 Å². The summed E-state index contributed by atoms with van der Waals surface area (Å²) in [7, 11) is 0. The van der Waals surface area contributed by atoms with E-state index < -0.39 is 23.5 Å². The number of hydrogen-bond acceptors (Lipinski definition) is 2. The first kappa shape index (κ1) is 18.8. The van der Waals surface area contributed by atoms with E-state index in [-0.39, 0.29) is 5.69 Å². The lowest BCUT2D eigenvalue weighted by Gasteiger charge is -2.08. The van der Waals surface area contributed by atoms with E-state index in [1.165, 1.54) is 0 Å². The van der Waals surface area contributed by atoms with Crippen molar-refractivity contribution in [3.05, 3.63) is 59.7 Å². The molecule has 2 aromatic heterocycles. The van der Waals surface area contributed by atoms with Crippen molar-refractivity contribution in [2.75, 3.05) is 11.9 Å². The predicted octanol–water partition coefficient (Wildman–Crippen LogP) is 4.23. The minimum Gasteiger partial charge on any atom is -0.338 e. The maximum absolute atomic E-state index is 13.2. The Morgan fingerprint density at radius 1 is 1.22 bits per heavy atom. The van der Waals surface area contributed by atoms with Gasteiger partial charge in [0, 0.05) is 48.7 Å². The summed E-state index contributed by atoms with van der Waals surface area (Å²) in [5, 5.41) is 5.93. The number of urea groups is 1. The van der Waals surface area contributed by atoms with Gasteiger partial charge in [0.05, 0.1) is 0 Å². The van der Waals surface area contributed by atoms with Gasteiger partial charge in [-0.2, -0.15) is 0 Å². The third kappa shape index (κ3) is 4.21. The van der Waals surface area contributed by atoms with E-state index in [4.69, 9.17) is 0 Å². The minimum absolute atomic E-state index is 0.160. The molecule has 2 N–H and O–H groups in total. The smallest absolute Gasteiger partial charge is 0.319 e. The number of nitrogens with zero attached hydrogens (tertiary/aromatic N) is 2. The number of aryl methyl sites for hydroxylation is 1. The average Bonchev–Trinajstić information content (AvgIpc) is 2.98. The Morgan fingerprint density at radius 2 is 1.96 bits per heavy atom. The highest BCUT2D eigenvalue weighted by atomic mass is 19.2. The lowest BCUT2D eigenvalue weighted by molar-refractivity contribution is 0.252. The molecule has 0 fully saturated rings. The highest BCUT2D eigenvalue weighted by Crippen LogP contribution is 2.20. The summed E-state index contributed by atoms with van der Waals surface area (Å²) in [5.41, 5.74) is 1.79. The van der Waals surface area contributed by atoms with Crippen LogP contribution in [0.25, 0.3) is 11.0 Å². The van der Waals surface area contributed by atoms with Gasteiger partial charge in [-0.05, 0) is 30.5 Å². The Balaban J connectivity index is 1.61. The number of anilines is 1. The number of fused-ring (bicyclic) bond motifs is 1. The van der Waals surface area contributed by atoms with Crippen molar-refractivity contribution >= 4 is 22.8 Å².